The Balaban J connectivity index is 1.74. The molecule has 0 aliphatic heterocycles. The molecule has 0 N–H and O–H groups in total. The first-order valence-electron chi connectivity index (χ1n) is 9.17. The van der Waals surface area contributed by atoms with Gasteiger partial charge in [0.2, 0.25) is 0 Å². The van der Waals surface area contributed by atoms with E-state index in [1.807, 2.05) is 0 Å². The lowest BCUT2D eigenvalue weighted by Crippen LogP contribution is -2.40. The number of benzene rings is 1. The normalized spacial score (nSPS) is 15.1. The van der Waals surface area contributed by atoms with Crippen molar-refractivity contribution < 1.29 is 22.4 Å². The van der Waals surface area contributed by atoms with Crippen LogP contribution in [0.5, 0.6) is 0 Å². The SMILES string of the molecule is COCCN(C(=O)c1ccc(CS(=O)(=O)c2ccccc2)o1)C1CCCC1. The van der Waals surface area contributed by atoms with Gasteiger partial charge in [-0.1, -0.05) is 31.0 Å². The molecule has 7 heteroatoms. The van der Waals surface area contributed by atoms with E-state index in [1.54, 1.807) is 54.5 Å². The molecule has 0 radical (unpaired) electrons. The fourth-order valence-electron chi connectivity index (χ4n) is 3.47. The Bertz CT molecular complexity index is 854. The number of ether oxygens (including phenoxy) is 1. The predicted octanol–water partition coefficient (Wildman–Crippen LogP) is 3.28. The average Bonchev–Trinajstić information content (AvgIpc) is 3.34. The van der Waals surface area contributed by atoms with Crippen LogP contribution in [0.1, 0.15) is 42.0 Å². The Morgan fingerprint density at radius 3 is 2.52 bits per heavy atom. The van der Waals surface area contributed by atoms with E-state index in [0.29, 0.717) is 13.2 Å². The average molecular weight is 391 g/mol. The summed E-state index contributed by atoms with van der Waals surface area (Å²) >= 11 is 0. The van der Waals surface area contributed by atoms with E-state index in [9.17, 15) is 13.2 Å². The molecule has 0 bridgehead atoms. The molecule has 1 saturated carbocycles. The Kier molecular flexibility index (Phi) is 6.34. The van der Waals surface area contributed by atoms with Crippen molar-refractivity contribution in [1.29, 1.82) is 0 Å². The van der Waals surface area contributed by atoms with Gasteiger partial charge in [0.1, 0.15) is 11.5 Å². The van der Waals surface area contributed by atoms with Crippen molar-refractivity contribution in [1.82, 2.24) is 4.90 Å². The highest BCUT2D eigenvalue weighted by Gasteiger charge is 2.29. The summed E-state index contributed by atoms with van der Waals surface area (Å²) < 4.78 is 35.7. The number of sulfone groups is 1. The first-order valence-corrected chi connectivity index (χ1v) is 10.8. The summed E-state index contributed by atoms with van der Waals surface area (Å²) in [7, 11) is -1.91. The van der Waals surface area contributed by atoms with E-state index in [1.165, 1.54) is 0 Å². The number of methoxy groups -OCH3 is 1. The maximum absolute atomic E-state index is 12.9. The number of furan rings is 1. The van der Waals surface area contributed by atoms with Crippen LogP contribution >= 0.6 is 0 Å². The molecule has 1 heterocycles. The van der Waals surface area contributed by atoms with E-state index >= 15 is 0 Å². The van der Waals surface area contributed by atoms with Gasteiger partial charge in [-0.25, -0.2) is 8.42 Å². The van der Waals surface area contributed by atoms with Gasteiger partial charge in [-0.2, -0.15) is 0 Å². The van der Waals surface area contributed by atoms with Crippen LogP contribution in [0.25, 0.3) is 0 Å². The van der Waals surface area contributed by atoms with Crippen LogP contribution in [0, 0.1) is 0 Å². The molecule has 2 aromatic rings. The second-order valence-electron chi connectivity index (χ2n) is 6.77. The van der Waals surface area contributed by atoms with Gasteiger partial charge in [0.25, 0.3) is 5.91 Å². The minimum absolute atomic E-state index is 0.177. The van der Waals surface area contributed by atoms with Crippen LogP contribution in [0.4, 0.5) is 0 Å². The molecule has 1 amide bonds. The van der Waals surface area contributed by atoms with Gasteiger partial charge in [-0.15, -0.1) is 0 Å². The number of carbonyl (C=O) groups is 1. The molecule has 0 spiro atoms. The standard InChI is InChI=1S/C20H25NO5S/c1-25-14-13-21(16-7-5-6-8-16)20(22)19-12-11-17(26-19)15-27(23,24)18-9-3-2-4-10-18/h2-4,9-12,16H,5-8,13-15H2,1H3. The molecule has 1 aliphatic rings. The number of amides is 1. The van der Waals surface area contributed by atoms with Gasteiger partial charge in [0.15, 0.2) is 15.6 Å². The zero-order valence-electron chi connectivity index (χ0n) is 15.5. The lowest BCUT2D eigenvalue weighted by molar-refractivity contribution is 0.0573. The number of carbonyl (C=O) groups excluding carboxylic acids is 1. The molecular weight excluding hydrogens is 366 g/mol. The predicted molar refractivity (Wildman–Crippen MR) is 101 cm³/mol. The third-order valence-electron chi connectivity index (χ3n) is 4.87. The molecule has 1 aliphatic carbocycles. The molecule has 0 saturated heterocycles. The largest absolute Gasteiger partial charge is 0.455 e. The zero-order chi connectivity index (χ0) is 19.3. The molecule has 6 nitrogen and oxygen atoms in total. The third kappa shape index (κ3) is 4.78. The molecule has 1 aromatic heterocycles. The van der Waals surface area contributed by atoms with Crippen molar-refractivity contribution in [3.8, 4) is 0 Å². The lowest BCUT2D eigenvalue weighted by Gasteiger charge is -2.27. The van der Waals surface area contributed by atoms with Crippen LogP contribution < -0.4 is 0 Å². The van der Waals surface area contributed by atoms with Crippen molar-refractivity contribution in [3.63, 3.8) is 0 Å². The van der Waals surface area contributed by atoms with Crippen LogP contribution in [0.15, 0.2) is 51.8 Å². The maximum Gasteiger partial charge on any atom is 0.289 e. The van der Waals surface area contributed by atoms with E-state index in [0.717, 1.165) is 25.7 Å². The highest BCUT2D eigenvalue weighted by molar-refractivity contribution is 7.90. The highest BCUT2D eigenvalue weighted by atomic mass is 32.2. The van der Waals surface area contributed by atoms with Gasteiger partial charge < -0.3 is 14.1 Å². The smallest absolute Gasteiger partial charge is 0.289 e. The minimum Gasteiger partial charge on any atom is -0.455 e. The number of rotatable bonds is 8. The van der Waals surface area contributed by atoms with E-state index < -0.39 is 9.84 Å². The Morgan fingerprint density at radius 2 is 1.85 bits per heavy atom. The molecule has 0 unspecified atom stereocenters. The summed E-state index contributed by atoms with van der Waals surface area (Å²) in [5.41, 5.74) is 0. The van der Waals surface area contributed by atoms with E-state index in [-0.39, 0.29) is 34.1 Å². The highest BCUT2D eigenvalue weighted by Crippen LogP contribution is 2.26. The van der Waals surface area contributed by atoms with Crippen molar-refractivity contribution in [2.24, 2.45) is 0 Å². The van der Waals surface area contributed by atoms with Crippen molar-refractivity contribution >= 4 is 15.7 Å². The van der Waals surface area contributed by atoms with Gasteiger partial charge in [0, 0.05) is 19.7 Å². The van der Waals surface area contributed by atoms with Crippen molar-refractivity contribution in [3.05, 3.63) is 54.0 Å². The first-order chi connectivity index (χ1) is 13.0. The number of hydrogen-bond donors (Lipinski definition) is 0. The van der Waals surface area contributed by atoms with Crippen LogP contribution in [-0.4, -0.2) is 45.5 Å². The summed E-state index contributed by atoms with van der Waals surface area (Å²) in [4.78, 5) is 14.9. The van der Waals surface area contributed by atoms with Gasteiger partial charge >= 0.3 is 0 Å². The van der Waals surface area contributed by atoms with Crippen LogP contribution in [-0.2, 0) is 20.3 Å². The quantitative estimate of drug-likeness (QED) is 0.690. The molecule has 1 aromatic carbocycles. The number of hydrogen-bond acceptors (Lipinski definition) is 5. The summed E-state index contributed by atoms with van der Waals surface area (Å²) in [5, 5.41) is 0. The van der Waals surface area contributed by atoms with Crippen LogP contribution in [0.2, 0.25) is 0 Å². The van der Waals surface area contributed by atoms with Crippen molar-refractivity contribution in [2.45, 2.75) is 42.4 Å². The Hall–Kier alpha value is -2.12. The molecule has 146 valence electrons. The first kappa shape index (κ1) is 19.6. The summed E-state index contributed by atoms with van der Waals surface area (Å²) in [6.45, 7) is 0.955. The van der Waals surface area contributed by atoms with Gasteiger partial charge in [-0.3, -0.25) is 4.79 Å². The van der Waals surface area contributed by atoms with Gasteiger partial charge in [0.05, 0.1) is 11.5 Å². The fourth-order valence-corrected chi connectivity index (χ4v) is 4.73. The molecule has 1 fully saturated rings. The summed E-state index contributed by atoms with van der Waals surface area (Å²) in [6, 6.07) is 11.5. The Morgan fingerprint density at radius 1 is 1.15 bits per heavy atom. The zero-order valence-corrected chi connectivity index (χ0v) is 16.3. The van der Waals surface area contributed by atoms with E-state index in [2.05, 4.69) is 0 Å². The van der Waals surface area contributed by atoms with Gasteiger partial charge in [-0.05, 0) is 37.1 Å². The topological polar surface area (TPSA) is 76.8 Å². The monoisotopic (exact) mass is 391 g/mol. The lowest BCUT2D eigenvalue weighted by atomic mass is 10.2. The molecule has 3 rings (SSSR count). The summed E-state index contributed by atoms with van der Waals surface area (Å²) in [5.74, 6) is -0.0369. The maximum atomic E-state index is 12.9. The molecule has 0 atom stereocenters. The third-order valence-corrected chi connectivity index (χ3v) is 6.52. The molecular formula is C20H25NO5S. The fraction of sp³-hybridized carbons (Fsp3) is 0.450. The number of nitrogens with zero attached hydrogens (tertiary/aromatic N) is 1. The molecule has 27 heavy (non-hydrogen) atoms. The van der Waals surface area contributed by atoms with Crippen LogP contribution in [0.3, 0.4) is 0 Å². The van der Waals surface area contributed by atoms with E-state index in [4.69, 9.17) is 9.15 Å². The Labute approximate surface area is 160 Å². The van der Waals surface area contributed by atoms with Crippen molar-refractivity contribution in [2.75, 3.05) is 20.3 Å². The second-order valence-corrected chi connectivity index (χ2v) is 8.76. The minimum atomic E-state index is -3.51. The second kappa shape index (κ2) is 8.71. The summed E-state index contributed by atoms with van der Waals surface area (Å²) in [6.07, 6.45) is 4.18.